The molecule has 0 aromatic heterocycles. The van der Waals surface area contributed by atoms with Gasteiger partial charge < -0.3 is 24.4 Å². The van der Waals surface area contributed by atoms with E-state index >= 15 is 0 Å². The smallest absolute Gasteiger partial charge is 0.244 e. The lowest BCUT2D eigenvalue weighted by atomic mass is 9.98. The van der Waals surface area contributed by atoms with Crippen molar-refractivity contribution in [1.82, 2.24) is 4.90 Å². The van der Waals surface area contributed by atoms with Crippen LogP contribution in [0.25, 0.3) is 0 Å². The van der Waals surface area contributed by atoms with Gasteiger partial charge in [0, 0.05) is 31.0 Å². The van der Waals surface area contributed by atoms with Crippen LogP contribution in [0.3, 0.4) is 0 Å². The van der Waals surface area contributed by atoms with Crippen molar-refractivity contribution >= 4 is 17.5 Å². The maximum absolute atomic E-state index is 12.6. The number of nitrogens with zero attached hydrogens (tertiary/aromatic N) is 1. The first-order valence-electron chi connectivity index (χ1n) is 10.6. The van der Waals surface area contributed by atoms with E-state index in [-0.39, 0.29) is 30.4 Å². The van der Waals surface area contributed by atoms with Gasteiger partial charge in [-0.2, -0.15) is 0 Å². The van der Waals surface area contributed by atoms with Gasteiger partial charge in [-0.3, -0.25) is 9.59 Å². The number of carbonyl (C=O) groups excluding carboxylic acids is 2. The van der Waals surface area contributed by atoms with Crippen molar-refractivity contribution in [3.63, 3.8) is 0 Å². The van der Waals surface area contributed by atoms with E-state index in [0.717, 1.165) is 23.2 Å². The Labute approximate surface area is 182 Å². The van der Waals surface area contributed by atoms with Crippen LogP contribution >= 0.6 is 0 Å². The molecule has 0 unspecified atom stereocenters. The minimum atomic E-state index is -0.191. The first kappa shape index (κ1) is 21.2. The molecule has 2 fully saturated rings. The molecular weight excluding hydrogens is 396 g/mol. The fraction of sp³-hybridized carbons (Fsp3) is 0.417. The van der Waals surface area contributed by atoms with Crippen molar-refractivity contribution in [1.29, 1.82) is 0 Å². The molecule has 0 saturated carbocycles. The summed E-state index contributed by atoms with van der Waals surface area (Å²) < 4.78 is 16.9. The molecule has 2 amide bonds. The topological polar surface area (TPSA) is 77.1 Å². The van der Waals surface area contributed by atoms with E-state index in [0.29, 0.717) is 37.7 Å². The van der Waals surface area contributed by atoms with Crippen LogP contribution < -0.4 is 14.8 Å². The third kappa shape index (κ3) is 4.99. The first-order valence-corrected chi connectivity index (χ1v) is 10.6. The second kappa shape index (κ2) is 9.39. The summed E-state index contributed by atoms with van der Waals surface area (Å²) in [5.74, 6) is 1.12. The summed E-state index contributed by atoms with van der Waals surface area (Å²) in [6, 6.07) is 13.4. The van der Waals surface area contributed by atoms with Gasteiger partial charge in [-0.25, -0.2) is 0 Å². The van der Waals surface area contributed by atoms with E-state index in [1.165, 1.54) is 0 Å². The molecule has 0 aliphatic carbocycles. The Balaban J connectivity index is 1.41. The summed E-state index contributed by atoms with van der Waals surface area (Å²) in [4.78, 5) is 26.7. The average Bonchev–Trinajstić information content (AvgIpc) is 3.40. The number of methoxy groups -OCH3 is 1. The van der Waals surface area contributed by atoms with E-state index in [1.54, 1.807) is 12.0 Å². The Morgan fingerprint density at radius 2 is 2.06 bits per heavy atom. The molecule has 164 valence electrons. The Morgan fingerprint density at radius 1 is 1.23 bits per heavy atom. The molecule has 2 aliphatic heterocycles. The van der Waals surface area contributed by atoms with Gasteiger partial charge in [0.1, 0.15) is 6.10 Å². The van der Waals surface area contributed by atoms with Crippen molar-refractivity contribution in [2.45, 2.75) is 31.8 Å². The van der Waals surface area contributed by atoms with Gasteiger partial charge in [0.15, 0.2) is 11.5 Å². The van der Waals surface area contributed by atoms with Crippen LogP contribution in [0, 0.1) is 6.92 Å². The van der Waals surface area contributed by atoms with Crippen LogP contribution in [-0.4, -0.2) is 56.2 Å². The van der Waals surface area contributed by atoms with Crippen LogP contribution in [0.1, 0.15) is 29.9 Å². The highest BCUT2D eigenvalue weighted by atomic mass is 16.6. The Hall–Kier alpha value is -3.06. The van der Waals surface area contributed by atoms with Gasteiger partial charge in [0.25, 0.3) is 0 Å². The van der Waals surface area contributed by atoms with E-state index in [4.69, 9.17) is 14.2 Å². The number of hydrogen-bond acceptors (Lipinski definition) is 5. The second-order valence-electron chi connectivity index (χ2n) is 8.05. The molecule has 2 aromatic carbocycles. The number of likely N-dealkylation sites (tertiary alicyclic amines) is 1. The van der Waals surface area contributed by atoms with Crippen molar-refractivity contribution in [3.8, 4) is 11.5 Å². The van der Waals surface area contributed by atoms with Crippen molar-refractivity contribution in [2.75, 3.05) is 38.7 Å². The van der Waals surface area contributed by atoms with E-state index in [9.17, 15) is 9.59 Å². The molecule has 2 aliphatic rings. The molecule has 2 aromatic rings. The number of nitrogens with one attached hydrogen (secondary N) is 1. The number of hydrogen-bond donors (Lipinski definition) is 1. The lowest BCUT2D eigenvalue weighted by Crippen LogP contribution is -2.34. The van der Waals surface area contributed by atoms with Gasteiger partial charge >= 0.3 is 0 Å². The Bertz CT molecular complexity index is 955. The molecule has 31 heavy (non-hydrogen) atoms. The zero-order valence-electron chi connectivity index (χ0n) is 17.9. The number of ether oxygens (including phenoxy) is 3. The predicted octanol–water partition coefficient (Wildman–Crippen LogP) is 3.13. The normalized spacial score (nSPS) is 20.7. The van der Waals surface area contributed by atoms with Crippen molar-refractivity contribution in [2.24, 2.45) is 0 Å². The third-order valence-corrected chi connectivity index (χ3v) is 5.81. The minimum Gasteiger partial charge on any atom is -0.493 e. The summed E-state index contributed by atoms with van der Waals surface area (Å²) in [6.07, 6.45) is 1.23. The van der Waals surface area contributed by atoms with Crippen LogP contribution in [0.4, 0.5) is 5.69 Å². The summed E-state index contributed by atoms with van der Waals surface area (Å²) in [5, 5.41) is 2.90. The standard InChI is InChI=1S/C24H28N2O5/c1-16-5-3-4-6-20(16)25-23(27)14-26-13-18(12-24(26)28)17-7-8-21(29-2)22(11-17)31-19-9-10-30-15-19/h3-8,11,18-19H,9-10,12-15H2,1-2H3,(H,25,27)/t18-,19-/m1/s1. The lowest BCUT2D eigenvalue weighted by molar-refractivity contribution is -0.131. The van der Waals surface area contributed by atoms with Crippen LogP contribution in [-0.2, 0) is 14.3 Å². The van der Waals surface area contributed by atoms with Crippen LogP contribution in [0.2, 0.25) is 0 Å². The lowest BCUT2D eigenvalue weighted by Gasteiger charge is -2.19. The highest BCUT2D eigenvalue weighted by molar-refractivity contribution is 5.95. The Kier molecular flexibility index (Phi) is 6.42. The molecule has 7 nitrogen and oxygen atoms in total. The average molecular weight is 424 g/mol. The van der Waals surface area contributed by atoms with E-state index in [1.807, 2.05) is 49.4 Å². The van der Waals surface area contributed by atoms with Crippen molar-refractivity contribution < 1.29 is 23.8 Å². The summed E-state index contributed by atoms with van der Waals surface area (Å²) in [5.41, 5.74) is 2.76. The maximum Gasteiger partial charge on any atom is 0.244 e. The van der Waals surface area contributed by atoms with Gasteiger partial charge in [-0.15, -0.1) is 0 Å². The van der Waals surface area contributed by atoms with Gasteiger partial charge in [0.05, 0.1) is 26.9 Å². The second-order valence-corrected chi connectivity index (χ2v) is 8.05. The number of para-hydroxylation sites is 1. The largest absolute Gasteiger partial charge is 0.493 e. The zero-order chi connectivity index (χ0) is 21.8. The molecule has 2 heterocycles. The summed E-state index contributed by atoms with van der Waals surface area (Å²) in [7, 11) is 1.61. The molecule has 0 bridgehead atoms. The zero-order valence-corrected chi connectivity index (χ0v) is 17.9. The number of carbonyl (C=O) groups is 2. The van der Waals surface area contributed by atoms with E-state index in [2.05, 4.69) is 5.32 Å². The summed E-state index contributed by atoms with van der Waals surface area (Å²) in [6.45, 7) is 3.75. The number of aryl methyl sites for hydroxylation is 1. The third-order valence-electron chi connectivity index (χ3n) is 5.81. The van der Waals surface area contributed by atoms with Crippen LogP contribution in [0.5, 0.6) is 11.5 Å². The number of rotatable bonds is 7. The fourth-order valence-electron chi connectivity index (χ4n) is 4.05. The predicted molar refractivity (Wildman–Crippen MR) is 117 cm³/mol. The number of benzene rings is 2. The highest BCUT2D eigenvalue weighted by Crippen LogP contribution is 2.36. The van der Waals surface area contributed by atoms with Gasteiger partial charge in [-0.1, -0.05) is 24.3 Å². The SMILES string of the molecule is COc1ccc([C@@H]2CC(=O)N(CC(=O)Nc3ccccc3C)C2)cc1O[C@@H]1CCOC1. The fourth-order valence-corrected chi connectivity index (χ4v) is 4.05. The molecule has 2 atom stereocenters. The minimum absolute atomic E-state index is 0.00634. The highest BCUT2D eigenvalue weighted by Gasteiger charge is 2.32. The summed E-state index contributed by atoms with van der Waals surface area (Å²) >= 11 is 0. The quantitative estimate of drug-likeness (QED) is 0.739. The monoisotopic (exact) mass is 424 g/mol. The molecule has 0 spiro atoms. The molecule has 2 saturated heterocycles. The molecular formula is C24H28N2O5. The van der Waals surface area contributed by atoms with Gasteiger partial charge in [0.2, 0.25) is 11.8 Å². The molecule has 7 heteroatoms. The maximum atomic E-state index is 12.6. The molecule has 0 radical (unpaired) electrons. The number of amides is 2. The molecule has 4 rings (SSSR count). The van der Waals surface area contributed by atoms with Crippen LogP contribution in [0.15, 0.2) is 42.5 Å². The Morgan fingerprint density at radius 3 is 2.81 bits per heavy atom. The van der Waals surface area contributed by atoms with E-state index < -0.39 is 0 Å². The first-order chi connectivity index (χ1) is 15.0. The molecule has 1 N–H and O–H groups in total. The van der Waals surface area contributed by atoms with Crippen molar-refractivity contribution in [3.05, 3.63) is 53.6 Å². The number of anilines is 1. The van der Waals surface area contributed by atoms with Gasteiger partial charge in [-0.05, 0) is 36.2 Å².